The number of aromatic nitrogens is 1. The van der Waals surface area contributed by atoms with E-state index in [9.17, 15) is 14.4 Å². The third-order valence-corrected chi connectivity index (χ3v) is 7.27. The fraction of sp³-hybridized carbons (Fsp3) is 0.393. The molecular weight excluding hydrogens is 482 g/mol. The van der Waals surface area contributed by atoms with Crippen LogP contribution in [0.25, 0.3) is 10.9 Å². The highest BCUT2D eigenvalue weighted by Crippen LogP contribution is 2.37. The molecule has 0 bridgehead atoms. The zero-order valence-electron chi connectivity index (χ0n) is 20.7. The largest absolute Gasteiger partial charge is 0.466 e. The van der Waals surface area contributed by atoms with Crippen LogP contribution in [-0.4, -0.2) is 33.9 Å². The SMILES string of the molecule is CCOC(=O)CCCSc1cc2c(C(=O)C(=O)Cl)c(CC)n(Cc3ccccc3)c2cc1C(C)C. The fourth-order valence-electron chi connectivity index (χ4n) is 4.32. The summed E-state index contributed by atoms with van der Waals surface area (Å²) in [5, 5.41) is -0.232. The van der Waals surface area contributed by atoms with E-state index in [1.165, 1.54) is 5.56 Å². The molecule has 0 aliphatic heterocycles. The predicted octanol–water partition coefficient (Wildman–Crippen LogP) is 6.76. The fourth-order valence-corrected chi connectivity index (χ4v) is 5.58. The topological polar surface area (TPSA) is 65.4 Å². The molecule has 186 valence electrons. The molecule has 1 heterocycles. The van der Waals surface area contributed by atoms with Gasteiger partial charge in [-0.15, -0.1) is 11.8 Å². The van der Waals surface area contributed by atoms with Gasteiger partial charge in [-0.1, -0.05) is 51.1 Å². The average Bonchev–Trinajstić information content (AvgIpc) is 3.13. The van der Waals surface area contributed by atoms with E-state index in [-0.39, 0.29) is 11.9 Å². The van der Waals surface area contributed by atoms with Gasteiger partial charge >= 0.3 is 5.97 Å². The van der Waals surface area contributed by atoms with E-state index in [4.69, 9.17) is 16.3 Å². The van der Waals surface area contributed by atoms with Crippen LogP contribution in [0.2, 0.25) is 0 Å². The van der Waals surface area contributed by atoms with Crippen LogP contribution >= 0.6 is 23.4 Å². The van der Waals surface area contributed by atoms with Crippen molar-refractivity contribution in [2.45, 2.75) is 64.3 Å². The molecule has 35 heavy (non-hydrogen) atoms. The quantitative estimate of drug-likeness (QED) is 0.0668. The second-order valence-electron chi connectivity index (χ2n) is 8.67. The number of ketones is 1. The number of esters is 1. The Kier molecular flexibility index (Phi) is 9.58. The van der Waals surface area contributed by atoms with Crippen molar-refractivity contribution < 1.29 is 19.1 Å². The van der Waals surface area contributed by atoms with Crippen molar-refractivity contribution in [3.63, 3.8) is 0 Å². The summed E-state index contributed by atoms with van der Waals surface area (Å²) in [7, 11) is 0. The van der Waals surface area contributed by atoms with Gasteiger partial charge in [-0.25, -0.2) is 0 Å². The van der Waals surface area contributed by atoms with E-state index >= 15 is 0 Å². The molecule has 0 atom stereocenters. The van der Waals surface area contributed by atoms with Gasteiger partial charge < -0.3 is 9.30 Å². The van der Waals surface area contributed by atoms with Gasteiger partial charge in [0.1, 0.15) is 0 Å². The Balaban J connectivity index is 2.10. The van der Waals surface area contributed by atoms with E-state index in [1.807, 2.05) is 31.2 Å². The molecule has 0 saturated carbocycles. The molecule has 0 amide bonds. The summed E-state index contributed by atoms with van der Waals surface area (Å²) in [5.41, 5.74) is 4.40. The van der Waals surface area contributed by atoms with Crippen molar-refractivity contribution in [2.75, 3.05) is 12.4 Å². The van der Waals surface area contributed by atoms with E-state index in [0.717, 1.165) is 32.8 Å². The van der Waals surface area contributed by atoms with Gasteiger partial charge in [0, 0.05) is 34.5 Å². The lowest BCUT2D eigenvalue weighted by Gasteiger charge is -2.15. The van der Waals surface area contributed by atoms with Crippen LogP contribution in [0.1, 0.15) is 73.6 Å². The lowest BCUT2D eigenvalue weighted by molar-refractivity contribution is -0.143. The Morgan fingerprint density at radius 3 is 2.40 bits per heavy atom. The Morgan fingerprint density at radius 2 is 1.80 bits per heavy atom. The smallest absolute Gasteiger partial charge is 0.305 e. The molecule has 5 nitrogen and oxygen atoms in total. The van der Waals surface area contributed by atoms with Crippen LogP contribution in [0.15, 0.2) is 47.4 Å². The third-order valence-electron chi connectivity index (χ3n) is 5.94. The minimum absolute atomic E-state index is 0.188. The minimum Gasteiger partial charge on any atom is -0.466 e. The number of carbonyl (C=O) groups excluding carboxylic acids is 3. The Bertz CT molecular complexity index is 1220. The average molecular weight is 514 g/mol. The number of fused-ring (bicyclic) bond motifs is 1. The first-order valence-electron chi connectivity index (χ1n) is 12.0. The van der Waals surface area contributed by atoms with E-state index in [0.29, 0.717) is 38.0 Å². The standard InChI is InChI=1S/C28H32ClNO4S/c1-5-22-26(27(32)28(29)33)21-16-24(35-14-10-13-25(31)34-6-2)20(18(3)4)15-23(21)30(22)17-19-11-8-7-9-12-19/h7-9,11-12,15-16,18H,5-6,10,13-14,17H2,1-4H3. The normalized spacial score (nSPS) is 11.3. The maximum Gasteiger partial charge on any atom is 0.305 e. The maximum atomic E-state index is 13.0. The second-order valence-corrected chi connectivity index (χ2v) is 10.1. The molecule has 0 aliphatic carbocycles. The molecule has 1 aromatic heterocycles. The molecule has 0 fully saturated rings. The zero-order chi connectivity index (χ0) is 25.5. The molecular formula is C28H32ClNO4S. The highest BCUT2D eigenvalue weighted by atomic mass is 35.5. The first-order chi connectivity index (χ1) is 16.8. The highest BCUT2D eigenvalue weighted by Gasteiger charge is 2.27. The van der Waals surface area contributed by atoms with Gasteiger partial charge in [-0.05, 0) is 66.3 Å². The van der Waals surface area contributed by atoms with Gasteiger partial charge in [0.25, 0.3) is 5.24 Å². The molecule has 2 aromatic carbocycles. The van der Waals surface area contributed by atoms with Crippen LogP contribution in [0.5, 0.6) is 0 Å². The first kappa shape index (κ1) is 27.0. The van der Waals surface area contributed by atoms with Crippen LogP contribution in [0.3, 0.4) is 0 Å². The summed E-state index contributed by atoms with van der Waals surface area (Å²) in [6.07, 6.45) is 1.66. The monoisotopic (exact) mass is 513 g/mol. The number of hydrogen-bond acceptors (Lipinski definition) is 5. The number of carbonyl (C=O) groups is 3. The van der Waals surface area contributed by atoms with Gasteiger partial charge in [0.05, 0.1) is 12.2 Å². The lowest BCUT2D eigenvalue weighted by Crippen LogP contribution is -2.12. The third kappa shape index (κ3) is 6.36. The Hall–Kier alpha value is -2.57. The van der Waals surface area contributed by atoms with Crippen molar-refractivity contribution in [3.8, 4) is 0 Å². The number of Topliss-reactive ketones (excluding diaryl/α,β-unsaturated/α-hetero) is 1. The lowest BCUT2D eigenvalue weighted by atomic mass is 9.99. The molecule has 0 radical (unpaired) electrons. The number of halogens is 1. The van der Waals surface area contributed by atoms with Crippen LogP contribution < -0.4 is 0 Å². The van der Waals surface area contributed by atoms with Crippen molar-refractivity contribution in [1.29, 1.82) is 0 Å². The number of ether oxygens (including phenoxy) is 1. The molecule has 0 saturated heterocycles. The minimum atomic E-state index is -0.977. The number of thioether (sulfide) groups is 1. The molecule has 7 heteroatoms. The Labute approximate surface area is 216 Å². The number of benzene rings is 2. The second kappa shape index (κ2) is 12.4. The predicted molar refractivity (Wildman–Crippen MR) is 143 cm³/mol. The molecule has 3 aromatic rings. The summed E-state index contributed by atoms with van der Waals surface area (Å²) in [6, 6.07) is 14.2. The van der Waals surface area contributed by atoms with Crippen LogP contribution in [-0.2, 0) is 27.3 Å². The number of nitrogens with zero attached hydrogens (tertiary/aromatic N) is 1. The summed E-state index contributed by atoms with van der Waals surface area (Å²) >= 11 is 7.35. The van der Waals surface area contributed by atoms with Gasteiger partial charge in [-0.3, -0.25) is 14.4 Å². The van der Waals surface area contributed by atoms with Crippen molar-refractivity contribution in [1.82, 2.24) is 4.57 Å². The van der Waals surface area contributed by atoms with E-state index in [2.05, 4.69) is 36.6 Å². The molecule has 0 aliphatic rings. The molecule has 0 N–H and O–H groups in total. The van der Waals surface area contributed by atoms with Crippen molar-refractivity contribution >= 4 is 51.3 Å². The van der Waals surface area contributed by atoms with Crippen molar-refractivity contribution in [2.24, 2.45) is 0 Å². The Morgan fingerprint density at radius 1 is 1.09 bits per heavy atom. The van der Waals surface area contributed by atoms with E-state index < -0.39 is 11.0 Å². The molecule has 3 rings (SSSR count). The van der Waals surface area contributed by atoms with E-state index in [1.54, 1.807) is 18.7 Å². The van der Waals surface area contributed by atoms with Gasteiger partial charge in [0.15, 0.2) is 0 Å². The number of rotatable bonds is 12. The summed E-state index contributed by atoms with van der Waals surface area (Å²) in [6.45, 7) is 9.05. The highest BCUT2D eigenvalue weighted by molar-refractivity contribution is 7.99. The summed E-state index contributed by atoms with van der Waals surface area (Å²) in [5.74, 6) is 0.140. The maximum absolute atomic E-state index is 13.0. The first-order valence-corrected chi connectivity index (χ1v) is 13.4. The van der Waals surface area contributed by atoms with Gasteiger partial charge in [-0.2, -0.15) is 0 Å². The van der Waals surface area contributed by atoms with Crippen molar-refractivity contribution in [3.05, 3.63) is 64.8 Å². The summed E-state index contributed by atoms with van der Waals surface area (Å²) in [4.78, 5) is 37.7. The van der Waals surface area contributed by atoms with Crippen LogP contribution in [0, 0.1) is 0 Å². The molecule has 0 spiro atoms. The van der Waals surface area contributed by atoms with Gasteiger partial charge in [0.2, 0.25) is 5.78 Å². The zero-order valence-corrected chi connectivity index (χ0v) is 22.3. The number of hydrogen-bond donors (Lipinski definition) is 0. The van der Waals surface area contributed by atoms with Crippen LogP contribution in [0.4, 0.5) is 0 Å². The summed E-state index contributed by atoms with van der Waals surface area (Å²) < 4.78 is 7.16. The molecule has 0 unspecified atom stereocenters.